The summed E-state index contributed by atoms with van der Waals surface area (Å²) in [4.78, 5) is 24.2. The molecule has 0 spiro atoms. The number of carbonyl (C=O) groups excluding carboxylic acids is 1. The smallest absolute Gasteiger partial charge is 0.222 e. The van der Waals surface area contributed by atoms with E-state index in [2.05, 4.69) is 20.0 Å². The molecule has 1 saturated heterocycles. The van der Waals surface area contributed by atoms with Crippen LogP contribution in [0.25, 0.3) is 21.5 Å². The molecule has 2 heterocycles. The number of fused-ring (bicyclic) bond motifs is 1. The van der Waals surface area contributed by atoms with Gasteiger partial charge in [0.15, 0.2) is 0 Å². The van der Waals surface area contributed by atoms with Gasteiger partial charge in [0.05, 0.1) is 11.0 Å². The number of nitrogens with one attached hydrogen (secondary N) is 1. The number of H-pyrrole nitrogens is 1. The van der Waals surface area contributed by atoms with Crippen molar-refractivity contribution in [2.24, 2.45) is 11.0 Å². The standard InChI is InChI=1S/C14H16N6O/c15-19-16-8-10-7-14(21)20(9-10)6-5-13-17-11-3-1-2-4-12(11)18-13/h1-4,10H,5-9H2,(H,17,18). The second kappa shape index (κ2) is 5.85. The number of carbonyl (C=O) groups is 1. The molecule has 7 heteroatoms. The van der Waals surface area contributed by atoms with E-state index in [1.807, 2.05) is 29.2 Å². The van der Waals surface area contributed by atoms with Crippen LogP contribution in [0.2, 0.25) is 0 Å². The Balaban J connectivity index is 1.59. The second-order valence-corrected chi connectivity index (χ2v) is 5.27. The predicted octanol–water partition coefficient (Wildman–Crippen LogP) is 2.26. The molecule has 108 valence electrons. The van der Waals surface area contributed by atoms with E-state index in [0.29, 0.717) is 32.5 Å². The quantitative estimate of drug-likeness (QED) is 0.517. The van der Waals surface area contributed by atoms with Crippen molar-refractivity contribution < 1.29 is 4.79 Å². The number of nitrogens with zero attached hydrogens (tertiary/aromatic N) is 5. The molecule has 1 N–H and O–H groups in total. The van der Waals surface area contributed by atoms with Crippen molar-refractivity contribution in [3.63, 3.8) is 0 Å². The van der Waals surface area contributed by atoms with E-state index >= 15 is 0 Å². The number of imidazole rings is 1. The van der Waals surface area contributed by atoms with Crippen LogP contribution in [-0.2, 0) is 11.2 Å². The Morgan fingerprint density at radius 2 is 2.33 bits per heavy atom. The Morgan fingerprint density at radius 1 is 1.48 bits per heavy atom. The van der Waals surface area contributed by atoms with Gasteiger partial charge in [0, 0.05) is 37.4 Å². The number of aromatic amines is 1. The van der Waals surface area contributed by atoms with Gasteiger partial charge in [0.2, 0.25) is 5.91 Å². The molecule has 0 bridgehead atoms. The largest absolute Gasteiger partial charge is 0.342 e. The van der Waals surface area contributed by atoms with Crippen LogP contribution >= 0.6 is 0 Å². The highest BCUT2D eigenvalue weighted by atomic mass is 16.2. The monoisotopic (exact) mass is 284 g/mol. The summed E-state index contributed by atoms with van der Waals surface area (Å²) in [5, 5.41) is 3.55. The third-order valence-corrected chi connectivity index (χ3v) is 3.75. The molecule has 1 aliphatic rings. The Bertz CT molecular complexity index is 669. The van der Waals surface area contributed by atoms with Crippen LogP contribution in [0, 0.1) is 5.92 Å². The van der Waals surface area contributed by atoms with Crippen LogP contribution in [-0.4, -0.2) is 40.4 Å². The fourth-order valence-electron chi connectivity index (χ4n) is 2.71. The summed E-state index contributed by atoms with van der Waals surface area (Å²) >= 11 is 0. The fourth-order valence-corrected chi connectivity index (χ4v) is 2.71. The van der Waals surface area contributed by atoms with Gasteiger partial charge in [-0.25, -0.2) is 4.98 Å². The number of amides is 1. The van der Waals surface area contributed by atoms with E-state index in [-0.39, 0.29) is 11.8 Å². The number of rotatable bonds is 5. The third kappa shape index (κ3) is 2.98. The number of benzene rings is 1. The molecule has 1 amide bonds. The topological polar surface area (TPSA) is 97.8 Å². The molecule has 7 nitrogen and oxygen atoms in total. The van der Waals surface area contributed by atoms with Crippen molar-refractivity contribution in [1.82, 2.24) is 14.9 Å². The zero-order valence-corrected chi connectivity index (χ0v) is 11.6. The van der Waals surface area contributed by atoms with E-state index in [0.717, 1.165) is 16.9 Å². The van der Waals surface area contributed by atoms with Crippen LogP contribution < -0.4 is 0 Å². The van der Waals surface area contributed by atoms with Gasteiger partial charge in [0.25, 0.3) is 0 Å². The van der Waals surface area contributed by atoms with Crippen LogP contribution in [0.3, 0.4) is 0 Å². The Kier molecular flexibility index (Phi) is 3.75. The van der Waals surface area contributed by atoms with Crippen LogP contribution in [0.5, 0.6) is 0 Å². The number of azide groups is 1. The summed E-state index contributed by atoms with van der Waals surface area (Å²) in [5.41, 5.74) is 10.3. The maximum absolute atomic E-state index is 11.9. The number of likely N-dealkylation sites (tertiary alicyclic amines) is 1. The van der Waals surface area contributed by atoms with Gasteiger partial charge in [-0.15, -0.1) is 0 Å². The van der Waals surface area contributed by atoms with Crippen molar-refractivity contribution >= 4 is 16.9 Å². The van der Waals surface area contributed by atoms with Gasteiger partial charge >= 0.3 is 0 Å². The molecular weight excluding hydrogens is 268 g/mol. The maximum Gasteiger partial charge on any atom is 0.222 e. The number of hydrogen-bond acceptors (Lipinski definition) is 3. The van der Waals surface area contributed by atoms with Gasteiger partial charge in [-0.2, -0.15) is 0 Å². The van der Waals surface area contributed by atoms with E-state index in [1.54, 1.807) is 0 Å². The summed E-state index contributed by atoms with van der Waals surface area (Å²) < 4.78 is 0. The Labute approximate surface area is 121 Å². The molecule has 2 aromatic rings. The van der Waals surface area contributed by atoms with E-state index < -0.39 is 0 Å². The van der Waals surface area contributed by atoms with Crippen LogP contribution in [0.1, 0.15) is 12.2 Å². The number of hydrogen-bond donors (Lipinski definition) is 1. The van der Waals surface area contributed by atoms with Gasteiger partial charge in [-0.1, -0.05) is 17.2 Å². The molecule has 1 fully saturated rings. The summed E-state index contributed by atoms with van der Waals surface area (Å²) in [6, 6.07) is 7.88. The fraction of sp³-hybridized carbons (Fsp3) is 0.429. The van der Waals surface area contributed by atoms with E-state index in [9.17, 15) is 4.79 Å². The van der Waals surface area contributed by atoms with Gasteiger partial charge < -0.3 is 9.88 Å². The third-order valence-electron chi connectivity index (χ3n) is 3.75. The Hall–Kier alpha value is -2.53. The summed E-state index contributed by atoms with van der Waals surface area (Å²) in [6.45, 7) is 1.70. The molecule has 0 aliphatic carbocycles. The molecule has 1 atom stereocenters. The summed E-state index contributed by atoms with van der Waals surface area (Å²) in [6.07, 6.45) is 1.17. The minimum atomic E-state index is 0.129. The van der Waals surface area contributed by atoms with Crippen molar-refractivity contribution in [2.45, 2.75) is 12.8 Å². The first-order valence-corrected chi connectivity index (χ1v) is 6.98. The lowest BCUT2D eigenvalue weighted by Crippen LogP contribution is -2.28. The summed E-state index contributed by atoms with van der Waals surface area (Å²) in [7, 11) is 0. The lowest BCUT2D eigenvalue weighted by atomic mass is 10.1. The minimum absolute atomic E-state index is 0.129. The molecule has 1 aliphatic heterocycles. The molecule has 0 saturated carbocycles. The highest BCUT2D eigenvalue weighted by Gasteiger charge is 2.28. The molecule has 21 heavy (non-hydrogen) atoms. The van der Waals surface area contributed by atoms with Crippen LogP contribution in [0.4, 0.5) is 0 Å². The molecule has 1 unspecified atom stereocenters. The summed E-state index contributed by atoms with van der Waals surface area (Å²) in [5.74, 6) is 1.16. The lowest BCUT2D eigenvalue weighted by molar-refractivity contribution is -0.127. The molecule has 1 aromatic carbocycles. The average Bonchev–Trinajstić information content (AvgIpc) is 3.05. The van der Waals surface area contributed by atoms with Crippen molar-refractivity contribution in [3.05, 3.63) is 40.5 Å². The van der Waals surface area contributed by atoms with Crippen LogP contribution in [0.15, 0.2) is 29.4 Å². The average molecular weight is 284 g/mol. The lowest BCUT2D eigenvalue weighted by Gasteiger charge is -2.15. The highest BCUT2D eigenvalue weighted by molar-refractivity contribution is 5.78. The van der Waals surface area contributed by atoms with Gasteiger partial charge in [-0.3, -0.25) is 4.79 Å². The molecule has 1 aromatic heterocycles. The predicted molar refractivity (Wildman–Crippen MR) is 78.5 cm³/mol. The zero-order chi connectivity index (χ0) is 14.7. The van der Waals surface area contributed by atoms with E-state index in [1.165, 1.54) is 0 Å². The second-order valence-electron chi connectivity index (χ2n) is 5.27. The first-order chi connectivity index (χ1) is 10.3. The maximum atomic E-state index is 11.9. The van der Waals surface area contributed by atoms with Crippen molar-refractivity contribution in [2.75, 3.05) is 19.6 Å². The Morgan fingerprint density at radius 3 is 3.14 bits per heavy atom. The van der Waals surface area contributed by atoms with E-state index in [4.69, 9.17) is 5.53 Å². The zero-order valence-electron chi connectivity index (χ0n) is 11.6. The van der Waals surface area contributed by atoms with Gasteiger partial charge in [0.1, 0.15) is 5.82 Å². The first kappa shape index (κ1) is 13.5. The normalized spacial score (nSPS) is 18.2. The minimum Gasteiger partial charge on any atom is -0.342 e. The van der Waals surface area contributed by atoms with Gasteiger partial charge in [-0.05, 0) is 23.6 Å². The number of para-hydroxylation sites is 2. The van der Waals surface area contributed by atoms with Crippen molar-refractivity contribution in [1.29, 1.82) is 0 Å². The molecule has 3 rings (SSSR count). The molecular formula is C14H16N6O. The molecule has 0 radical (unpaired) electrons. The first-order valence-electron chi connectivity index (χ1n) is 6.98. The number of aromatic nitrogens is 2. The highest BCUT2D eigenvalue weighted by Crippen LogP contribution is 2.19. The SMILES string of the molecule is [N-]=[N+]=NCC1CC(=O)N(CCc2nc3ccccc3[nH]2)C1. The van der Waals surface area contributed by atoms with Crippen molar-refractivity contribution in [3.8, 4) is 0 Å².